The third kappa shape index (κ3) is 3.25. The summed E-state index contributed by atoms with van der Waals surface area (Å²) in [7, 11) is 0. The summed E-state index contributed by atoms with van der Waals surface area (Å²) in [5.41, 5.74) is 2.49. The molecule has 3 heteroatoms. The Kier molecular flexibility index (Phi) is 4.51. The predicted octanol–water partition coefficient (Wildman–Crippen LogP) is 3.20. The number of hydrogen-bond donors (Lipinski definition) is 1. The minimum absolute atomic E-state index is 0.614. The van der Waals surface area contributed by atoms with E-state index in [0.29, 0.717) is 12.1 Å². The summed E-state index contributed by atoms with van der Waals surface area (Å²) in [6.45, 7) is 7.90. The molecule has 1 aromatic heterocycles. The highest BCUT2D eigenvalue weighted by atomic mass is 15.2. The number of hydrogen-bond acceptors (Lipinski definition) is 3. The molecule has 0 aliphatic carbocycles. The highest BCUT2D eigenvalue weighted by molar-refractivity contribution is 5.81. The zero-order chi connectivity index (χ0) is 14.7. The van der Waals surface area contributed by atoms with Crippen molar-refractivity contribution < 1.29 is 0 Å². The lowest BCUT2D eigenvalue weighted by Gasteiger charge is -2.29. The Morgan fingerprint density at radius 2 is 2.14 bits per heavy atom. The highest BCUT2D eigenvalue weighted by Crippen LogP contribution is 2.21. The van der Waals surface area contributed by atoms with Crippen LogP contribution in [0, 0.1) is 0 Å². The quantitative estimate of drug-likeness (QED) is 0.937. The molecule has 2 unspecified atom stereocenters. The molecular formula is C18H25N3. The third-order valence-electron chi connectivity index (χ3n) is 4.68. The summed E-state index contributed by atoms with van der Waals surface area (Å²) < 4.78 is 0. The number of fused-ring (bicyclic) bond motifs is 1. The molecule has 2 atom stereocenters. The van der Waals surface area contributed by atoms with Gasteiger partial charge >= 0.3 is 0 Å². The molecule has 0 bridgehead atoms. The van der Waals surface area contributed by atoms with Gasteiger partial charge in [0.25, 0.3) is 0 Å². The molecule has 0 saturated carbocycles. The van der Waals surface area contributed by atoms with Gasteiger partial charge in [0.1, 0.15) is 0 Å². The van der Waals surface area contributed by atoms with Crippen LogP contribution in [0.25, 0.3) is 10.9 Å². The smallest absolute Gasteiger partial charge is 0.0705 e. The Bertz CT molecular complexity index is 591. The van der Waals surface area contributed by atoms with Gasteiger partial charge in [-0.15, -0.1) is 0 Å². The van der Waals surface area contributed by atoms with Crippen LogP contribution in [0.1, 0.15) is 32.3 Å². The molecule has 1 aromatic carbocycles. The number of nitrogens with zero attached hydrogens (tertiary/aromatic N) is 2. The molecule has 21 heavy (non-hydrogen) atoms. The van der Waals surface area contributed by atoms with Crippen LogP contribution in [-0.2, 0) is 6.54 Å². The van der Waals surface area contributed by atoms with Gasteiger partial charge in [0.15, 0.2) is 0 Å². The lowest BCUT2D eigenvalue weighted by Crippen LogP contribution is -2.39. The zero-order valence-corrected chi connectivity index (χ0v) is 13.0. The number of nitrogens with one attached hydrogen (secondary N) is 1. The average Bonchev–Trinajstić information content (AvgIpc) is 2.70. The maximum atomic E-state index is 4.47. The fraction of sp³-hybridized carbons (Fsp3) is 0.500. The third-order valence-corrected chi connectivity index (χ3v) is 4.68. The molecule has 1 fully saturated rings. The van der Waals surface area contributed by atoms with E-state index in [0.717, 1.165) is 25.2 Å². The van der Waals surface area contributed by atoms with E-state index in [2.05, 4.69) is 59.4 Å². The molecule has 3 nitrogen and oxygen atoms in total. The Morgan fingerprint density at radius 1 is 1.29 bits per heavy atom. The molecule has 0 radical (unpaired) electrons. The van der Waals surface area contributed by atoms with Crippen LogP contribution in [0.15, 0.2) is 36.5 Å². The van der Waals surface area contributed by atoms with E-state index in [1.807, 2.05) is 6.20 Å². The van der Waals surface area contributed by atoms with E-state index in [4.69, 9.17) is 0 Å². The van der Waals surface area contributed by atoms with E-state index >= 15 is 0 Å². The summed E-state index contributed by atoms with van der Waals surface area (Å²) in [5, 5.41) is 4.95. The van der Waals surface area contributed by atoms with Crippen molar-refractivity contribution in [2.45, 2.75) is 45.3 Å². The van der Waals surface area contributed by atoms with E-state index in [1.165, 1.54) is 23.8 Å². The average molecular weight is 283 g/mol. The first-order valence-corrected chi connectivity index (χ1v) is 8.08. The van der Waals surface area contributed by atoms with Crippen molar-refractivity contribution in [3.8, 4) is 0 Å². The minimum Gasteiger partial charge on any atom is -0.313 e. The predicted molar refractivity (Wildman–Crippen MR) is 88.3 cm³/mol. The second-order valence-electron chi connectivity index (χ2n) is 6.11. The van der Waals surface area contributed by atoms with Gasteiger partial charge in [0, 0.05) is 36.8 Å². The maximum Gasteiger partial charge on any atom is 0.0705 e. The highest BCUT2D eigenvalue weighted by Gasteiger charge is 2.22. The molecular weight excluding hydrogens is 258 g/mol. The van der Waals surface area contributed by atoms with E-state index < -0.39 is 0 Å². The van der Waals surface area contributed by atoms with Gasteiger partial charge < -0.3 is 5.32 Å². The first-order valence-electron chi connectivity index (χ1n) is 8.08. The topological polar surface area (TPSA) is 28.2 Å². The normalized spacial score (nSPS) is 24.1. The SMILES string of the molecule is CCC1CN(Cc2ccnc3ccccc23)C(C)CCN1. The number of rotatable bonds is 3. The minimum atomic E-state index is 0.614. The van der Waals surface area contributed by atoms with Crippen molar-refractivity contribution in [1.29, 1.82) is 0 Å². The van der Waals surface area contributed by atoms with Crippen molar-refractivity contribution >= 4 is 10.9 Å². The van der Waals surface area contributed by atoms with Gasteiger partial charge in [-0.3, -0.25) is 9.88 Å². The lowest BCUT2D eigenvalue weighted by atomic mass is 10.1. The van der Waals surface area contributed by atoms with Crippen LogP contribution in [0.3, 0.4) is 0 Å². The van der Waals surface area contributed by atoms with Gasteiger partial charge in [-0.25, -0.2) is 0 Å². The maximum absolute atomic E-state index is 4.47. The van der Waals surface area contributed by atoms with Crippen molar-refractivity contribution in [2.75, 3.05) is 13.1 Å². The van der Waals surface area contributed by atoms with Crippen molar-refractivity contribution in [3.05, 3.63) is 42.1 Å². The fourth-order valence-electron chi connectivity index (χ4n) is 3.21. The molecule has 0 amide bonds. The second-order valence-corrected chi connectivity index (χ2v) is 6.11. The Morgan fingerprint density at radius 3 is 3.00 bits per heavy atom. The monoisotopic (exact) mass is 283 g/mol. The Labute approximate surface area is 127 Å². The molecule has 1 N–H and O–H groups in total. The van der Waals surface area contributed by atoms with Crippen LogP contribution >= 0.6 is 0 Å². The standard InChI is InChI=1S/C18H25N3/c1-3-16-13-21(14(2)8-10-19-16)12-15-9-11-20-18-7-5-4-6-17(15)18/h4-7,9,11,14,16,19H,3,8,10,12-13H2,1-2H3. The number of benzene rings is 1. The lowest BCUT2D eigenvalue weighted by molar-refractivity contribution is 0.195. The van der Waals surface area contributed by atoms with Gasteiger partial charge in [0.05, 0.1) is 5.52 Å². The van der Waals surface area contributed by atoms with Crippen LogP contribution in [-0.4, -0.2) is 35.1 Å². The number of pyridine rings is 1. The molecule has 1 aliphatic rings. The molecule has 1 aliphatic heterocycles. The van der Waals surface area contributed by atoms with Crippen LogP contribution in [0.5, 0.6) is 0 Å². The van der Waals surface area contributed by atoms with Gasteiger partial charge in [-0.05, 0) is 44.0 Å². The first kappa shape index (κ1) is 14.5. The molecule has 112 valence electrons. The van der Waals surface area contributed by atoms with Gasteiger partial charge in [0.2, 0.25) is 0 Å². The van der Waals surface area contributed by atoms with Crippen molar-refractivity contribution in [2.24, 2.45) is 0 Å². The summed E-state index contributed by atoms with van der Waals surface area (Å²) in [4.78, 5) is 7.09. The summed E-state index contributed by atoms with van der Waals surface area (Å²) >= 11 is 0. The van der Waals surface area contributed by atoms with Crippen molar-refractivity contribution in [3.63, 3.8) is 0 Å². The molecule has 0 spiro atoms. The van der Waals surface area contributed by atoms with Crippen LogP contribution in [0.4, 0.5) is 0 Å². The van der Waals surface area contributed by atoms with E-state index in [9.17, 15) is 0 Å². The van der Waals surface area contributed by atoms with Crippen molar-refractivity contribution in [1.82, 2.24) is 15.2 Å². The fourth-order valence-corrected chi connectivity index (χ4v) is 3.21. The Balaban J connectivity index is 1.86. The Hall–Kier alpha value is -1.45. The largest absolute Gasteiger partial charge is 0.313 e. The second kappa shape index (κ2) is 6.54. The molecule has 3 rings (SSSR count). The van der Waals surface area contributed by atoms with E-state index in [1.54, 1.807) is 0 Å². The number of aromatic nitrogens is 1. The van der Waals surface area contributed by atoms with Crippen LogP contribution in [0.2, 0.25) is 0 Å². The number of para-hydroxylation sites is 1. The molecule has 1 saturated heterocycles. The first-order chi connectivity index (χ1) is 10.3. The zero-order valence-electron chi connectivity index (χ0n) is 13.0. The van der Waals surface area contributed by atoms with Crippen LogP contribution < -0.4 is 5.32 Å². The van der Waals surface area contributed by atoms with Gasteiger partial charge in [-0.2, -0.15) is 0 Å². The van der Waals surface area contributed by atoms with E-state index in [-0.39, 0.29) is 0 Å². The molecule has 2 heterocycles. The van der Waals surface area contributed by atoms with Gasteiger partial charge in [-0.1, -0.05) is 25.1 Å². The molecule has 2 aromatic rings. The summed E-state index contributed by atoms with van der Waals surface area (Å²) in [6.07, 6.45) is 4.36. The summed E-state index contributed by atoms with van der Waals surface area (Å²) in [5.74, 6) is 0. The summed E-state index contributed by atoms with van der Waals surface area (Å²) in [6, 6.07) is 11.9.